The first-order valence-corrected chi connectivity index (χ1v) is 7.59. The Kier molecular flexibility index (Phi) is 5.11. The highest BCUT2D eigenvalue weighted by atomic mass is 32.1. The maximum Gasteiger partial charge on any atom is 0.261 e. The van der Waals surface area contributed by atoms with Gasteiger partial charge in [0.25, 0.3) is 5.91 Å². The molecule has 0 aliphatic heterocycles. The standard InChI is InChI=1S/C16H18N2O2S/c1-11(2)18-13-5-3-12(4-6-13)9-17-16(20)15-8-7-14(10-19)21-15/h3-8,10-11,18H,9H2,1-2H3,(H,17,20). The zero-order valence-corrected chi connectivity index (χ0v) is 12.9. The van der Waals surface area contributed by atoms with Crippen LogP contribution in [0.2, 0.25) is 0 Å². The Morgan fingerprint density at radius 2 is 1.90 bits per heavy atom. The van der Waals surface area contributed by atoms with Gasteiger partial charge in [0.2, 0.25) is 0 Å². The van der Waals surface area contributed by atoms with Crippen LogP contribution in [0.1, 0.15) is 38.8 Å². The largest absolute Gasteiger partial charge is 0.383 e. The quantitative estimate of drug-likeness (QED) is 0.805. The number of amides is 1. The minimum Gasteiger partial charge on any atom is -0.383 e. The number of aldehydes is 1. The van der Waals surface area contributed by atoms with Gasteiger partial charge in [-0.25, -0.2) is 0 Å². The van der Waals surface area contributed by atoms with Gasteiger partial charge < -0.3 is 10.6 Å². The van der Waals surface area contributed by atoms with Crippen molar-refractivity contribution in [2.75, 3.05) is 5.32 Å². The Morgan fingerprint density at radius 1 is 1.19 bits per heavy atom. The molecule has 110 valence electrons. The summed E-state index contributed by atoms with van der Waals surface area (Å²) in [5.41, 5.74) is 2.10. The maximum atomic E-state index is 11.9. The third-order valence-corrected chi connectivity index (χ3v) is 3.84. The minimum atomic E-state index is -0.155. The molecular weight excluding hydrogens is 284 g/mol. The third-order valence-electron chi connectivity index (χ3n) is 2.83. The minimum absolute atomic E-state index is 0.155. The topological polar surface area (TPSA) is 58.2 Å². The highest BCUT2D eigenvalue weighted by Crippen LogP contribution is 2.15. The molecule has 0 aliphatic rings. The lowest BCUT2D eigenvalue weighted by Crippen LogP contribution is -2.21. The summed E-state index contributed by atoms with van der Waals surface area (Å²) in [6, 6.07) is 11.7. The summed E-state index contributed by atoms with van der Waals surface area (Å²) in [7, 11) is 0. The second-order valence-corrected chi connectivity index (χ2v) is 6.11. The van der Waals surface area contributed by atoms with Crippen LogP contribution in [0.15, 0.2) is 36.4 Å². The number of hydrogen-bond acceptors (Lipinski definition) is 4. The number of nitrogens with one attached hydrogen (secondary N) is 2. The molecule has 2 rings (SSSR count). The molecule has 0 radical (unpaired) electrons. The Balaban J connectivity index is 1.90. The SMILES string of the molecule is CC(C)Nc1ccc(CNC(=O)c2ccc(C=O)s2)cc1. The molecule has 1 aromatic heterocycles. The molecular formula is C16H18N2O2S. The summed E-state index contributed by atoms with van der Waals surface area (Å²) < 4.78 is 0. The van der Waals surface area contributed by atoms with Crippen molar-refractivity contribution in [3.8, 4) is 0 Å². The Hall–Kier alpha value is -2.14. The molecule has 0 spiro atoms. The van der Waals surface area contributed by atoms with Crippen LogP contribution in [0.3, 0.4) is 0 Å². The van der Waals surface area contributed by atoms with Crippen LogP contribution in [0, 0.1) is 0 Å². The van der Waals surface area contributed by atoms with Gasteiger partial charge in [0.05, 0.1) is 9.75 Å². The number of carbonyl (C=O) groups excluding carboxylic acids is 2. The van der Waals surface area contributed by atoms with E-state index in [1.807, 2.05) is 24.3 Å². The van der Waals surface area contributed by atoms with Gasteiger partial charge >= 0.3 is 0 Å². The molecule has 1 heterocycles. The van der Waals surface area contributed by atoms with Gasteiger partial charge in [0, 0.05) is 18.3 Å². The van der Waals surface area contributed by atoms with E-state index in [0.29, 0.717) is 22.3 Å². The van der Waals surface area contributed by atoms with Crippen molar-refractivity contribution < 1.29 is 9.59 Å². The lowest BCUT2D eigenvalue weighted by Gasteiger charge is -2.10. The van der Waals surface area contributed by atoms with Crippen molar-refractivity contribution in [1.82, 2.24) is 5.32 Å². The van der Waals surface area contributed by atoms with Gasteiger partial charge in [-0.3, -0.25) is 9.59 Å². The van der Waals surface area contributed by atoms with E-state index >= 15 is 0 Å². The van der Waals surface area contributed by atoms with Crippen LogP contribution >= 0.6 is 11.3 Å². The van der Waals surface area contributed by atoms with Crippen LogP contribution in [0.5, 0.6) is 0 Å². The van der Waals surface area contributed by atoms with E-state index < -0.39 is 0 Å². The van der Waals surface area contributed by atoms with Crippen molar-refractivity contribution in [2.24, 2.45) is 0 Å². The van der Waals surface area contributed by atoms with E-state index in [2.05, 4.69) is 24.5 Å². The van der Waals surface area contributed by atoms with Gasteiger partial charge in [-0.15, -0.1) is 11.3 Å². The van der Waals surface area contributed by atoms with E-state index in [-0.39, 0.29) is 5.91 Å². The van der Waals surface area contributed by atoms with Crippen LogP contribution in [-0.2, 0) is 6.54 Å². The van der Waals surface area contributed by atoms with Gasteiger partial charge in [-0.1, -0.05) is 12.1 Å². The smallest absolute Gasteiger partial charge is 0.261 e. The van der Waals surface area contributed by atoms with E-state index in [1.54, 1.807) is 12.1 Å². The molecule has 0 saturated carbocycles. The predicted octanol–water partition coefficient (Wildman–Crippen LogP) is 3.31. The van der Waals surface area contributed by atoms with Gasteiger partial charge in [-0.05, 0) is 43.7 Å². The Morgan fingerprint density at radius 3 is 2.48 bits per heavy atom. The number of benzene rings is 1. The second-order valence-electron chi connectivity index (χ2n) is 5.00. The number of anilines is 1. The fraction of sp³-hybridized carbons (Fsp3) is 0.250. The third kappa shape index (κ3) is 4.43. The lowest BCUT2D eigenvalue weighted by molar-refractivity contribution is 0.0954. The van der Waals surface area contributed by atoms with Crippen LogP contribution < -0.4 is 10.6 Å². The fourth-order valence-corrected chi connectivity index (χ4v) is 2.60. The second kappa shape index (κ2) is 7.04. The zero-order valence-electron chi connectivity index (χ0n) is 12.1. The molecule has 21 heavy (non-hydrogen) atoms. The molecule has 0 fully saturated rings. The van der Waals surface area contributed by atoms with Gasteiger partial charge in [-0.2, -0.15) is 0 Å². The Labute approximate surface area is 128 Å². The van der Waals surface area contributed by atoms with Crippen LogP contribution in [0.25, 0.3) is 0 Å². The summed E-state index contributed by atoms with van der Waals surface area (Å²) in [5.74, 6) is -0.155. The van der Waals surface area contributed by atoms with Gasteiger partial charge in [0.15, 0.2) is 6.29 Å². The zero-order chi connectivity index (χ0) is 15.2. The molecule has 2 N–H and O–H groups in total. The number of rotatable bonds is 6. The molecule has 0 bridgehead atoms. The molecule has 0 atom stereocenters. The van der Waals surface area contributed by atoms with Crippen LogP contribution in [-0.4, -0.2) is 18.2 Å². The summed E-state index contributed by atoms with van der Waals surface area (Å²) in [6.07, 6.45) is 0.752. The first-order chi connectivity index (χ1) is 10.1. The molecule has 5 heteroatoms. The van der Waals surface area contributed by atoms with Gasteiger partial charge in [0.1, 0.15) is 0 Å². The van der Waals surface area contributed by atoms with Crippen molar-refractivity contribution >= 4 is 29.2 Å². The highest BCUT2D eigenvalue weighted by Gasteiger charge is 2.08. The van der Waals surface area contributed by atoms with E-state index in [9.17, 15) is 9.59 Å². The van der Waals surface area contributed by atoms with E-state index in [0.717, 1.165) is 17.5 Å². The highest BCUT2D eigenvalue weighted by molar-refractivity contribution is 7.15. The predicted molar refractivity (Wildman–Crippen MR) is 86.1 cm³/mol. The first kappa shape index (κ1) is 15.3. The average Bonchev–Trinajstić information content (AvgIpc) is 2.94. The molecule has 0 aliphatic carbocycles. The number of carbonyl (C=O) groups is 2. The number of thiophene rings is 1. The monoisotopic (exact) mass is 302 g/mol. The average molecular weight is 302 g/mol. The normalized spacial score (nSPS) is 10.4. The molecule has 1 aromatic carbocycles. The summed E-state index contributed by atoms with van der Waals surface area (Å²) in [5, 5.41) is 6.16. The van der Waals surface area contributed by atoms with E-state index in [4.69, 9.17) is 0 Å². The Bertz CT molecular complexity index is 617. The van der Waals surface area contributed by atoms with Crippen molar-refractivity contribution in [1.29, 1.82) is 0 Å². The molecule has 4 nitrogen and oxygen atoms in total. The summed E-state index contributed by atoms with van der Waals surface area (Å²) in [4.78, 5) is 23.6. The van der Waals surface area contributed by atoms with Crippen molar-refractivity contribution in [3.63, 3.8) is 0 Å². The molecule has 0 saturated heterocycles. The molecule has 1 amide bonds. The molecule has 0 unspecified atom stereocenters. The summed E-state index contributed by atoms with van der Waals surface area (Å²) in [6.45, 7) is 4.64. The molecule has 2 aromatic rings. The van der Waals surface area contributed by atoms with E-state index in [1.165, 1.54) is 11.3 Å². The fourth-order valence-electron chi connectivity index (χ4n) is 1.86. The van der Waals surface area contributed by atoms with Crippen molar-refractivity contribution in [3.05, 3.63) is 51.7 Å². The lowest BCUT2D eigenvalue weighted by atomic mass is 10.2. The van der Waals surface area contributed by atoms with Crippen LogP contribution in [0.4, 0.5) is 5.69 Å². The first-order valence-electron chi connectivity index (χ1n) is 6.77. The summed E-state index contributed by atoms with van der Waals surface area (Å²) >= 11 is 1.20. The maximum absolute atomic E-state index is 11.9. The van der Waals surface area contributed by atoms with Crippen molar-refractivity contribution in [2.45, 2.75) is 26.4 Å². The number of hydrogen-bond donors (Lipinski definition) is 2.